The Kier molecular flexibility index (Phi) is 8.33. The molecule has 1 unspecified atom stereocenters. The minimum absolute atomic E-state index is 0.0855. The largest absolute Gasteiger partial charge is 0.508 e. The van der Waals surface area contributed by atoms with Crippen molar-refractivity contribution in [3.8, 4) is 29.1 Å². The van der Waals surface area contributed by atoms with Crippen molar-refractivity contribution in [2.24, 2.45) is 0 Å². The van der Waals surface area contributed by atoms with E-state index in [0.29, 0.717) is 28.5 Å². The molecule has 0 radical (unpaired) electrons. The van der Waals surface area contributed by atoms with Crippen molar-refractivity contribution in [1.82, 2.24) is 10.6 Å². The van der Waals surface area contributed by atoms with E-state index in [4.69, 9.17) is 19.5 Å². The van der Waals surface area contributed by atoms with Crippen LogP contribution in [0, 0.1) is 11.3 Å². The van der Waals surface area contributed by atoms with Crippen LogP contribution < -0.4 is 30.2 Å². The van der Waals surface area contributed by atoms with E-state index < -0.39 is 18.0 Å². The predicted octanol–water partition coefficient (Wildman–Crippen LogP) is 1.79. The number of urea groups is 1. The molecule has 10 nitrogen and oxygen atoms in total. The van der Waals surface area contributed by atoms with Gasteiger partial charge < -0.3 is 35.3 Å². The van der Waals surface area contributed by atoms with Crippen molar-refractivity contribution in [3.05, 3.63) is 42.0 Å². The number of carbonyl (C=O) groups is 2. The fraction of sp³-hybridized carbons (Fsp3) is 0.286. The number of hydrogen-bond donors (Lipinski definition) is 4. The Morgan fingerprint density at radius 2 is 1.68 bits per heavy atom. The van der Waals surface area contributed by atoms with Crippen molar-refractivity contribution < 1.29 is 28.9 Å². The second-order valence-electron chi connectivity index (χ2n) is 6.31. The number of phenols is 1. The van der Waals surface area contributed by atoms with Gasteiger partial charge in [0.1, 0.15) is 18.3 Å². The van der Waals surface area contributed by atoms with E-state index in [9.17, 15) is 14.7 Å². The molecule has 0 spiro atoms. The quantitative estimate of drug-likeness (QED) is 0.446. The number of benzene rings is 2. The molecule has 2 aromatic rings. The Balaban J connectivity index is 2.18. The van der Waals surface area contributed by atoms with Crippen LogP contribution in [0.1, 0.15) is 5.56 Å². The third-order valence-corrected chi connectivity index (χ3v) is 4.26. The smallest absolute Gasteiger partial charge is 0.319 e. The van der Waals surface area contributed by atoms with Crippen molar-refractivity contribution in [2.75, 3.05) is 33.2 Å². The number of nitriles is 1. The summed E-state index contributed by atoms with van der Waals surface area (Å²) in [6.07, 6.45) is 0.153. The fourth-order valence-electron chi connectivity index (χ4n) is 2.81. The van der Waals surface area contributed by atoms with Crippen LogP contribution in [0.3, 0.4) is 0 Å². The molecule has 0 aliphatic rings. The van der Waals surface area contributed by atoms with E-state index in [1.54, 1.807) is 24.3 Å². The summed E-state index contributed by atoms with van der Waals surface area (Å²) in [6, 6.07) is 9.55. The van der Waals surface area contributed by atoms with Gasteiger partial charge in [0, 0.05) is 18.6 Å². The van der Waals surface area contributed by atoms with Crippen LogP contribution in [0.15, 0.2) is 36.4 Å². The minimum Gasteiger partial charge on any atom is -0.508 e. The van der Waals surface area contributed by atoms with Crippen LogP contribution in [-0.2, 0) is 11.2 Å². The number of hydrogen-bond acceptors (Lipinski definition) is 7. The number of carbonyl (C=O) groups excluding carboxylic acids is 2. The molecular weight excluding hydrogens is 404 g/mol. The lowest BCUT2D eigenvalue weighted by Gasteiger charge is -2.19. The van der Waals surface area contributed by atoms with Crippen molar-refractivity contribution in [3.63, 3.8) is 0 Å². The molecule has 0 heterocycles. The number of nitrogens with zero attached hydrogens (tertiary/aromatic N) is 1. The van der Waals surface area contributed by atoms with Gasteiger partial charge >= 0.3 is 6.03 Å². The van der Waals surface area contributed by atoms with E-state index in [0.717, 1.165) is 0 Å². The molecule has 0 bridgehead atoms. The molecule has 4 N–H and O–H groups in total. The van der Waals surface area contributed by atoms with Crippen molar-refractivity contribution >= 4 is 17.6 Å². The second kappa shape index (κ2) is 11.2. The summed E-state index contributed by atoms with van der Waals surface area (Å²) in [4.78, 5) is 25.0. The lowest BCUT2D eigenvalue weighted by atomic mass is 10.1. The number of amides is 3. The molecule has 2 rings (SSSR count). The van der Waals surface area contributed by atoms with E-state index in [-0.39, 0.29) is 18.7 Å². The van der Waals surface area contributed by atoms with Crippen LogP contribution in [0.2, 0.25) is 0 Å². The molecule has 0 saturated carbocycles. The van der Waals surface area contributed by atoms with Gasteiger partial charge in [-0.05, 0) is 17.7 Å². The summed E-state index contributed by atoms with van der Waals surface area (Å²) in [5, 5.41) is 25.8. The normalized spacial score (nSPS) is 10.9. The summed E-state index contributed by atoms with van der Waals surface area (Å²) in [6.45, 7) is -0.193. The van der Waals surface area contributed by atoms with Crippen LogP contribution in [0.5, 0.6) is 23.0 Å². The monoisotopic (exact) mass is 428 g/mol. The summed E-state index contributed by atoms with van der Waals surface area (Å²) in [5.74, 6) is 0.642. The molecular formula is C21H24N4O6. The Morgan fingerprint density at radius 3 is 2.19 bits per heavy atom. The molecule has 164 valence electrons. The molecule has 3 amide bonds. The van der Waals surface area contributed by atoms with Crippen molar-refractivity contribution in [2.45, 2.75) is 12.5 Å². The van der Waals surface area contributed by atoms with Crippen LogP contribution in [0.4, 0.5) is 10.5 Å². The van der Waals surface area contributed by atoms with Crippen molar-refractivity contribution in [1.29, 1.82) is 5.26 Å². The number of aromatic hydroxyl groups is 1. The maximum Gasteiger partial charge on any atom is 0.319 e. The van der Waals surface area contributed by atoms with Gasteiger partial charge in [0.25, 0.3) is 0 Å². The molecule has 0 aromatic heterocycles. The van der Waals surface area contributed by atoms with Crippen LogP contribution in [0.25, 0.3) is 0 Å². The number of phenolic OH excluding ortho intramolecular Hbond substituents is 1. The Hall–Kier alpha value is -4.13. The molecule has 0 fully saturated rings. The van der Waals surface area contributed by atoms with Gasteiger partial charge in [0.15, 0.2) is 11.5 Å². The SMILES string of the molecule is COc1cc(NC(=O)NC(Cc2ccc(O)cc2)C(=O)NCC#N)cc(OC)c1OC. The summed E-state index contributed by atoms with van der Waals surface area (Å²) in [7, 11) is 4.37. The number of anilines is 1. The van der Waals surface area contributed by atoms with E-state index in [1.165, 1.54) is 33.5 Å². The van der Waals surface area contributed by atoms with Gasteiger partial charge in [-0.1, -0.05) is 12.1 Å². The highest BCUT2D eigenvalue weighted by Crippen LogP contribution is 2.39. The van der Waals surface area contributed by atoms with Gasteiger partial charge in [-0.2, -0.15) is 5.26 Å². The summed E-state index contributed by atoms with van der Waals surface area (Å²) < 4.78 is 15.8. The van der Waals surface area contributed by atoms with E-state index in [2.05, 4.69) is 16.0 Å². The van der Waals surface area contributed by atoms with Gasteiger partial charge in [0.05, 0.1) is 33.1 Å². The lowest BCUT2D eigenvalue weighted by molar-refractivity contribution is -0.122. The van der Waals surface area contributed by atoms with Crippen LogP contribution >= 0.6 is 0 Å². The van der Waals surface area contributed by atoms with E-state index >= 15 is 0 Å². The number of rotatable bonds is 9. The number of methoxy groups -OCH3 is 3. The lowest BCUT2D eigenvalue weighted by Crippen LogP contribution is -2.49. The minimum atomic E-state index is -0.958. The highest BCUT2D eigenvalue weighted by atomic mass is 16.5. The zero-order chi connectivity index (χ0) is 22.8. The topological polar surface area (TPSA) is 142 Å². The third-order valence-electron chi connectivity index (χ3n) is 4.26. The average molecular weight is 428 g/mol. The van der Waals surface area contributed by atoms with E-state index in [1.807, 2.05) is 6.07 Å². The molecule has 0 aliphatic heterocycles. The maximum atomic E-state index is 12.6. The highest BCUT2D eigenvalue weighted by Gasteiger charge is 2.22. The third kappa shape index (κ3) is 6.43. The molecule has 10 heteroatoms. The van der Waals surface area contributed by atoms with Gasteiger partial charge in [0.2, 0.25) is 11.7 Å². The maximum absolute atomic E-state index is 12.6. The average Bonchev–Trinajstić information content (AvgIpc) is 2.77. The first-order chi connectivity index (χ1) is 14.9. The molecule has 0 aliphatic carbocycles. The molecule has 2 aromatic carbocycles. The van der Waals surface area contributed by atoms with Crippen LogP contribution in [-0.4, -0.2) is 51.0 Å². The first-order valence-corrected chi connectivity index (χ1v) is 9.21. The highest BCUT2D eigenvalue weighted by molar-refractivity contribution is 5.94. The first-order valence-electron chi connectivity index (χ1n) is 9.21. The number of ether oxygens (including phenoxy) is 3. The zero-order valence-electron chi connectivity index (χ0n) is 17.4. The first kappa shape index (κ1) is 23.2. The Morgan fingerprint density at radius 1 is 1.06 bits per heavy atom. The second-order valence-corrected chi connectivity index (χ2v) is 6.31. The Bertz CT molecular complexity index is 930. The zero-order valence-corrected chi connectivity index (χ0v) is 17.4. The Labute approximate surface area is 179 Å². The van der Waals surface area contributed by atoms with Gasteiger partial charge in [-0.25, -0.2) is 4.79 Å². The molecule has 1 atom stereocenters. The van der Waals surface area contributed by atoms with Gasteiger partial charge in [-0.3, -0.25) is 4.79 Å². The standard InChI is InChI=1S/C21H24N4O6/c1-29-17-11-14(12-18(30-2)19(17)31-3)24-21(28)25-16(20(27)23-9-8-22)10-13-4-6-15(26)7-5-13/h4-7,11-12,16,26H,9-10H2,1-3H3,(H,23,27)(H2,24,25,28). The molecule has 0 saturated heterocycles. The molecule has 31 heavy (non-hydrogen) atoms. The predicted molar refractivity (Wildman–Crippen MR) is 112 cm³/mol. The van der Waals surface area contributed by atoms with Gasteiger partial charge in [-0.15, -0.1) is 0 Å². The summed E-state index contributed by atoms with van der Waals surface area (Å²) in [5.41, 5.74) is 1.07. The fourth-order valence-corrected chi connectivity index (χ4v) is 2.81. The summed E-state index contributed by atoms with van der Waals surface area (Å²) >= 11 is 0. The number of nitrogens with one attached hydrogen (secondary N) is 3.